The average molecular weight is 169 g/mol. The minimum absolute atomic E-state index is 0.417. The molecule has 1 aliphatic rings. The van der Waals surface area contributed by atoms with E-state index in [9.17, 15) is 0 Å². The number of hydrogen-bond acceptors (Lipinski definition) is 1. The summed E-state index contributed by atoms with van der Waals surface area (Å²) >= 11 is 0. The molecule has 1 heteroatoms. The molecule has 3 atom stereocenters. The van der Waals surface area contributed by atoms with Crippen LogP contribution in [0.3, 0.4) is 0 Å². The third kappa shape index (κ3) is 1.82. The van der Waals surface area contributed by atoms with Crippen molar-refractivity contribution in [1.82, 2.24) is 0 Å². The molecular weight excluding hydrogens is 146 g/mol. The van der Waals surface area contributed by atoms with E-state index in [4.69, 9.17) is 5.73 Å². The molecule has 1 aliphatic carbocycles. The summed E-state index contributed by atoms with van der Waals surface area (Å²) in [6.45, 7) is 11.5. The zero-order chi connectivity index (χ0) is 9.52. The van der Waals surface area contributed by atoms with Crippen molar-refractivity contribution in [3.8, 4) is 0 Å². The van der Waals surface area contributed by atoms with E-state index in [0.29, 0.717) is 17.4 Å². The smallest absolute Gasteiger partial charge is 0.0101 e. The van der Waals surface area contributed by atoms with Gasteiger partial charge in [-0.15, -0.1) is 0 Å². The summed E-state index contributed by atoms with van der Waals surface area (Å²) in [6.07, 6.45) is 1.32. The molecule has 1 nitrogen and oxygen atoms in total. The van der Waals surface area contributed by atoms with Gasteiger partial charge in [-0.3, -0.25) is 0 Å². The Morgan fingerprint density at radius 1 is 1.25 bits per heavy atom. The monoisotopic (exact) mass is 169 g/mol. The summed E-state index contributed by atoms with van der Waals surface area (Å²) in [5, 5.41) is 0. The Morgan fingerprint density at radius 3 is 1.92 bits per heavy atom. The van der Waals surface area contributed by atoms with Gasteiger partial charge in [0.25, 0.3) is 0 Å². The largest absolute Gasteiger partial charge is 0.327 e. The molecule has 12 heavy (non-hydrogen) atoms. The van der Waals surface area contributed by atoms with Gasteiger partial charge >= 0.3 is 0 Å². The van der Waals surface area contributed by atoms with Crippen LogP contribution in [0, 0.1) is 23.2 Å². The van der Waals surface area contributed by atoms with Crippen LogP contribution in [0.15, 0.2) is 0 Å². The molecule has 0 aromatic carbocycles. The molecule has 0 heterocycles. The average Bonchev–Trinajstić information content (AvgIpc) is 2.56. The fraction of sp³-hybridized carbons (Fsp3) is 1.00. The highest BCUT2D eigenvalue weighted by atomic mass is 14.7. The number of hydrogen-bond donors (Lipinski definition) is 1. The third-order valence-corrected chi connectivity index (χ3v) is 3.71. The second-order valence-corrected chi connectivity index (χ2v) is 5.48. The van der Waals surface area contributed by atoms with Gasteiger partial charge in [0.2, 0.25) is 0 Å². The third-order valence-electron chi connectivity index (χ3n) is 3.71. The van der Waals surface area contributed by atoms with E-state index in [2.05, 4.69) is 34.6 Å². The molecule has 1 fully saturated rings. The molecule has 0 aliphatic heterocycles. The van der Waals surface area contributed by atoms with Gasteiger partial charge in [0.15, 0.2) is 0 Å². The first-order valence-electron chi connectivity index (χ1n) is 5.12. The van der Waals surface area contributed by atoms with Crippen molar-refractivity contribution in [3.05, 3.63) is 0 Å². The highest BCUT2D eigenvalue weighted by Gasteiger charge is 2.50. The molecule has 1 saturated carbocycles. The van der Waals surface area contributed by atoms with Gasteiger partial charge < -0.3 is 5.73 Å². The molecule has 0 bridgehead atoms. The molecule has 0 amide bonds. The maximum atomic E-state index is 6.20. The Balaban J connectivity index is 2.44. The van der Waals surface area contributed by atoms with Gasteiger partial charge in [-0.2, -0.15) is 0 Å². The fourth-order valence-corrected chi connectivity index (χ4v) is 1.98. The molecule has 72 valence electrons. The lowest BCUT2D eigenvalue weighted by molar-refractivity contribution is 0.299. The highest BCUT2D eigenvalue weighted by molar-refractivity contribution is 5.02. The van der Waals surface area contributed by atoms with Crippen LogP contribution >= 0.6 is 0 Å². The zero-order valence-electron chi connectivity index (χ0n) is 9.09. The van der Waals surface area contributed by atoms with Crippen molar-refractivity contribution in [2.24, 2.45) is 28.9 Å². The number of rotatable bonds is 3. The van der Waals surface area contributed by atoms with Crippen LogP contribution in [-0.4, -0.2) is 6.04 Å². The van der Waals surface area contributed by atoms with Gasteiger partial charge in [0.05, 0.1) is 0 Å². The van der Waals surface area contributed by atoms with Gasteiger partial charge in [0.1, 0.15) is 0 Å². The fourth-order valence-electron chi connectivity index (χ4n) is 1.98. The molecule has 0 saturated heterocycles. The summed E-state index contributed by atoms with van der Waals surface area (Å²) in [4.78, 5) is 0. The lowest BCUT2D eigenvalue weighted by atomic mass is 9.86. The Kier molecular flexibility index (Phi) is 2.53. The standard InChI is InChI=1S/C11H23N/c1-7(2)8(3)10(12)9-6-11(9,4)5/h7-10H,6,12H2,1-5H3. The van der Waals surface area contributed by atoms with E-state index in [1.807, 2.05) is 0 Å². The van der Waals surface area contributed by atoms with Crippen LogP contribution in [-0.2, 0) is 0 Å². The topological polar surface area (TPSA) is 26.0 Å². The van der Waals surface area contributed by atoms with Gasteiger partial charge in [-0.05, 0) is 29.6 Å². The van der Waals surface area contributed by atoms with E-state index >= 15 is 0 Å². The molecule has 3 unspecified atom stereocenters. The summed E-state index contributed by atoms with van der Waals surface area (Å²) in [7, 11) is 0. The van der Waals surface area contributed by atoms with E-state index in [1.165, 1.54) is 6.42 Å². The van der Waals surface area contributed by atoms with E-state index in [1.54, 1.807) is 0 Å². The quantitative estimate of drug-likeness (QED) is 0.690. The Hall–Kier alpha value is -0.0400. The highest BCUT2D eigenvalue weighted by Crippen LogP contribution is 2.54. The maximum absolute atomic E-state index is 6.20. The van der Waals surface area contributed by atoms with E-state index < -0.39 is 0 Å². The molecule has 1 rings (SSSR count). The summed E-state index contributed by atoms with van der Waals surface area (Å²) in [6, 6.07) is 0.417. The zero-order valence-corrected chi connectivity index (χ0v) is 9.09. The Bertz CT molecular complexity index is 158. The Labute approximate surface area is 76.7 Å². The second kappa shape index (κ2) is 3.02. The van der Waals surface area contributed by atoms with Crippen molar-refractivity contribution in [3.63, 3.8) is 0 Å². The van der Waals surface area contributed by atoms with Crippen LogP contribution in [0.5, 0.6) is 0 Å². The molecule has 2 N–H and O–H groups in total. The predicted molar refractivity (Wildman–Crippen MR) is 53.9 cm³/mol. The van der Waals surface area contributed by atoms with Gasteiger partial charge in [-0.25, -0.2) is 0 Å². The van der Waals surface area contributed by atoms with Crippen LogP contribution in [0.2, 0.25) is 0 Å². The van der Waals surface area contributed by atoms with E-state index in [-0.39, 0.29) is 0 Å². The molecule has 0 spiro atoms. The van der Waals surface area contributed by atoms with Crippen LogP contribution in [0.4, 0.5) is 0 Å². The maximum Gasteiger partial charge on any atom is 0.0101 e. The van der Waals surface area contributed by atoms with Crippen LogP contribution < -0.4 is 5.73 Å². The lowest BCUT2D eigenvalue weighted by Crippen LogP contribution is -2.34. The summed E-state index contributed by atoms with van der Waals surface area (Å²) < 4.78 is 0. The minimum Gasteiger partial charge on any atom is -0.327 e. The van der Waals surface area contributed by atoms with Gasteiger partial charge in [-0.1, -0.05) is 34.6 Å². The normalized spacial score (nSPS) is 31.8. The SMILES string of the molecule is CC(C)C(C)C(N)C1CC1(C)C. The molecular formula is C11H23N. The summed E-state index contributed by atoms with van der Waals surface area (Å²) in [5.41, 5.74) is 6.73. The van der Waals surface area contributed by atoms with Crippen molar-refractivity contribution in [2.75, 3.05) is 0 Å². The Morgan fingerprint density at radius 2 is 1.67 bits per heavy atom. The molecule has 0 aromatic rings. The molecule has 0 radical (unpaired) electrons. The van der Waals surface area contributed by atoms with Crippen molar-refractivity contribution >= 4 is 0 Å². The first-order chi connectivity index (χ1) is 5.36. The predicted octanol–water partition coefficient (Wildman–Crippen LogP) is 2.65. The van der Waals surface area contributed by atoms with Crippen molar-refractivity contribution in [1.29, 1.82) is 0 Å². The van der Waals surface area contributed by atoms with Crippen LogP contribution in [0.25, 0.3) is 0 Å². The van der Waals surface area contributed by atoms with Crippen molar-refractivity contribution in [2.45, 2.75) is 47.1 Å². The number of nitrogens with two attached hydrogens (primary N) is 1. The minimum atomic E-state index is 0.417. The first kappa shape index (κ1) is 10.0. The van der Waals surface area contributed by atoms with Crippen LogP contribution in [0.1, 0.15) is 41.0 Å². The van der Waals surface area contributed by atoms with Gasteiger partial charge in [0, 0.05) is 6.04 Å². The van der Waals surface area contributed by atoms with E-state index in [0.717, 1.165) is 11.8 Å². The first-order valence-corrected chi connectivity index (χ1v) is 5.12. The second-order valence-electron chi connectivity index (χ2n) is 5.48. The molecule has 0 aromatic heterocycles. The summed E-state index contributed by atoms with van der Waals surface area (Å²) in [5.74, 6) is 2.16. The lowest BCUT2D eigenvalue weighted by Gasteiger charge is -2.24. The van der Waals surface area contributed by atoms with Crippen molar-refractivity contribution < 1.29 is 0 Å².